The Bertz CT molecular complexity index is 2110. The van der Waals surface area contributed by atoms with Crippen molar-refractivity contribution >= 4 is 56.9 Å². The third-order valence-corrected chi connectivity index (χ3v) is 12.3. The highest BCUT2D eigenvalue weighted by Crippen LogP contribution is 2.41. The van der Waals surface area contributed by atoms with Crippen LogP contribution in [-0.4, -0.2) is 44.6 Å². The van der Waals surface area contributed by atoms with Gasteiger partial charge in [-0.25, -0.2) is 9.69 Å². The van der Waals surface area contributed by atoms with Gasteiger partial charge in [0, 0.05) is 40.3 Å². The van der Waals surface area contributed by atoms with E-state index in [2.05, 4.69) is 46.5 Å². The average Bonchev–Trinajstić information content (AvgIpc) is 3.53. The topological polar surface area (TPSA) is 102 Å². The number of fused-ring (bicyclic) bond motifs is 2. The minimum absolute atomic E-state index is 0.0706. The fourth-order valence-electron chi connectivity index (χ4n) is 8.85. The van der Waals surface area contributed by atoms with Gasteiger partial charge in [0.05, 0.1) is 29.0 Å². The molecular formula is C47H56ClN3O5. The Balaban J connectivity index is 0.000000217. The zero-order chi connectivity index (χ0) is 40.1. The summed E-state index contributed by atoms with van der Waals surface area (Å²) in [5.41, 5.74) is 2.55. The Morgan fingerprint density at radius 3 is 2.07 bits per heavy atom. The monoisotopic (exact) mass is 777 g/mol. The van der Waals surface area contributed by atoms with Crippen molar-refractivity contribution in [3.63, 3.8) is 0 Å². The molecule has 1 N–H and O–H groups in total. The number of hydrogen-bond donors (Lipinski definition) is 1. The van der Waals surface area contributed by atoms with Gasteiger partial charge in [-0.3, -0.25) is 14.6 Å². The molecule has 2 amide bonds. The minimum Gasteiger partial charge on any atom is -0.464 e. The first-order chi connectivity index (χ1) is 26.8. The van der Waals surface area contributed by atoms with E-state index in [1.807, 2.05) is 28.8 Å². The Kier molecular flexibility index (Phi) is 13.3. The first-order valence-electron chi connectivity index (χ1n) is 20.2. The van der Waals surface area contributed by atoms with Crippen LogP contribution in [0.4, 0.5) is 10.5 Å². The van der Waals surface area contributed by atoms with Crippen LogP contribution in [-0.2, 0) is 16.1 Å². The van der Waals surface area contributed by atoms with Crippen molar-refractivity contribution in [2.75, 3.05) is 4.90 Å². The summed E-state index contributed by atoms with van der Waals surface area (Å²) in [5, 5.41) is 11.7. The zero-order valence-corrected chi connectivity index (χ0v) is 34.3. The number of rotatable bonds is 9. The van der Waals surface area contributed by atoms with E-state index in [9.17, 15) is 19.5 Å². The first kappa shape index (κ1) is 41.1. The molecule has 2 fully saturated rings. The second-order valence-electron chi connectivity index (χ2n) is 16.8. The summed E-state index contributed by atoms with van der Waals surface area (Å²) in [6.07, 6.45) is 10.8. The van der Waals surface area contributed by atoms with Crippen LogP contribution in [0.5, 0.6) is 0 Å². The van der Waals surface area contributed by atoms with Crippen molar-refractivity contribution in [1.29, 1.82) is 0 Å². The van der Waals surface area contributed by atoms with E-state index in [0.717, 1.165) is 46.6 Å². The highest BCUT2D eigenvalue weighted by atomic mass is 35.5. The molecule has 296 valence electrons. The molecule has 3 aromatic carbocycles. The summed E-state index contributed by atoms with van der Waals surface area (Å²) >= 11 is 5.98. The van der Waals surface area contributed by atoms with E-state index in [4.69, 9.17) is 16.3 Å². The maximum atomic E-state index is 13.4. The van der Waals surface area contributed by atoms with Crippen LogP contribution in [0.1, 0.15) is 96.0 Å². The smallest absolute Gasteiger partial charge is 0.419 e. The SMILES string of the molecule is CC(C)[C@@H]1CC[C@@H](C)C[C@H]1O[C@@H]1C[C@H](C)CC[C@H]1C(C)C.O=C(C(=O)N(C(=O)O)c1ccc2ncccc2c1)c1cn(Cc2ccc(Cl)cc2)c2ccccc12. The van der Waals surface area contributed by atoms with E-state index >= 15 is 0 Å². The van der Waals surface area contributed by atoms with Crippen molar-refractivity contribution in [3.8, 4) is 0 Å². The van der Waals surface area contributed by atoms with Gasteiger partial charge in [-0.2, -0.15) is 0 Å². The van der Waals surface area contributed by atoms with Gasteiger partial charge in [0.15, 0.2) is 0 Å². The van der Waals surface area contributed by atoms with Crippen LogP contribution in [0.2, 0.25) is 5.02 Å². The van der Waals surface area contributed by atoms with Crippen molar-refractivity contribution < 1.29 is 24.2 Å². The lowest BCUT2D eigenvalue weighted by Gasteiger charge is -2.44. The van der Waals surface area contributed by atoms with E-state index in [0.29, 0.717) is 45.0 Å². The van der Waals surface area contributed by atoms with Gasteiger partial charge >= 0.3 is 12.0 Å². The quantitative estimate of drug-likeness (QED) is 0.118. The summed E-state index contributed by atoms with van der Waals surface area (Å²) in [6.45, 7) is 14.8. The van der Waals surface area contributed by atoms with E-state index in [1.165, 1.54) is 50.7 Å². The summed E-state index contributed by atoms with van der Waals surface area (Å²) in [7, 11) is 0. The molecule has 0 unspecified atom stereocenters. The van der Waals surface area contributed by atoms with Crippen molar-refractivity contribution in [2.45, 2.75) is 98.8 Å². The molecule has 0 aliphatic heterocycles. The molecular weight excluding hydrogens is 722 g/mol. The second-order valence-corrected chi connectivity index (χ2v) is 17.2. The maximum Gasteiger partial charge on any atom is 0.419 e. The van der Waals surface area contributed by atoms with E-state index in [1.54, 1.807) is 54.9 Å². The molecule has 2 aliphatic rings. The number of carbonyl (C=O) groups excluding carboxylic acids is 2. The number of nitrogens with zero attached hydrogens (tertiary/aromatic N) is 3. The van der Waals surface area contributed by atoms with Crippen LogP contribution in [0.15, 0.2) is 91.3 Å². The number of imide groups is 1. The highest BCUT2D eigenvalue weighted by molar-refractivity contribution is 6.52. The van der Waals surface area contributed by atoms with Crippen LogP contribution < -0.4 is 4.90 Å². The van der Waals surface area contributed by atoms with Gasteiger partial charge in [-0.1, -0.05) is 102 Å². The molecule has 7 rings (SSSR count). The molecule has 5 aromatic rings. The lowest BCUT2D eigenvalue weighted by molar-refractivity contribution is -0.123. The fraction of sp³-hybridized carbons (Fsp3) is 0.447. The van der Waals surface area contributed by atoms with Crippen molar-refractivity contribution in [3.05, 3.63) is 107 Å². The van der Waals surface area contributed by atoms with Gasteiger partial charge in [-0.05, 0) is 109 Å². The predicted octanol–water partition coefficient (Wildman–Crippen LogP) is 11.7. The number of halogens is 1. The number of pyridine rings is 1. The maximum absolute atomic E-state index is 13.4. The van der Waals surface area contributed by atoms with Crippen molar-refractivity contribution in [2.24, 2.45) is 35.5 Å². The van der Waals surface area contributed by atoms with Gasteiger partial charge in [-0.15, -0.1) is 0 Å². The van der Waals surface area contributed by atoms with Gasteiger partial charge in [0.1, 0.15) is 0 Å². The molecule has 0 radical (unpaired) electrons. The predicted molar refractivity (Wildman–Crippen MR) is 225 cm³/mol. The Morgan fingerprint density at radius 1 is 0.839 bits per heavy atom. The third kappa shape index (κ3) is 9.52. The number of ether oxygens (including phenoxy) is 1. The standard InChI is InChI=1S/C27H18ClN3O4.C20H38O/c28-19-9-7-17(8-10-19)15-30-16-22(21-5-1-2-6-24(21)30)25(32)26(33)31(27(34)35)20-11-12-23-18(14-20)4-3-13-29-23;1-13(2)17-9-7-15(5)11-19(17)21-20-12-16(6)8-10-18(20)14(3)4/h1-14,16H,15H2,(H,34,35);13-20H,7-12H2,1-6H3/t;15-,16-,17+,18+,19-,20-/m.1/s1. The number of amides is 2. The molecule has 6 atom stereocenters. The number of carbonyl (C=O) groups is 3. The molecule has 2 heterocycles. The molecule has 0 saturated heterocycles. The van der Waals surface area contributed by atoms with Crippen LogP contribution in [0.25, 0.3) is 21.8 Å². The fourth-order valence-corrected chi connectivity index (χ4v) is 8.97. The largest absolute Gasteiger partial charge is 0.464 e. The van der Waals surface area contributed by atoms with Crippen LogP contribution >= 0.6 is 11.6 Å². The Labute approximate surface area is 336 Å². The Hall–Kier alpha value is -4.53. The minimum atomic E-state index is -1.54. The molecule has 2 saturated carbocycles. The van der Waals surface area contributed by atoms with Gasteiger partial charge in [0.25, 0.3) is 5.78 Å². The van der Waals surface area contributed by atoms with Crippen molar-refractivity contribution in [1.82, 2.24) is 9.55 Å². The summed E-state index contributed by atoms with van der Waals surface area (Å²) in [5.74, 6) is 2.73. The molecule has 2 aromatic heterocycles. The average molecular weight is 778 g/mol. The molecule has 56 heavy (non-hydrogen) atoms. The molecule has 2 aliphatic carbocycles. The molecule has 0 bridgehead atoms. The third-order valence-electron chi connectivity index (χ3n) is 12.0. The molecule has 8 nitrogen and oxygen atoms in total. The highest BCUT2D eigenvalue weighted by Gasteiger charge is 2.38. The number of anilines is 1. The number of hydrogen-bond acceptors (Lipinski definition) is 5. The van der Waals surface area contributed by atoms with E-state index in [-0.39, 0.29) is 11.3 Å². The van der Waals surface area contributed by atoms with Crippen LogP contribution in [0, 0.1) is 35.5 Å². The molecule has 0 spiro atoms. The number of ketones is 1. The number of Topliss-reactive ketones (excluding diaryl/α,β-unsaturated/α-hetero) is 1. The van der Waals surface area contributed by atoms with Crippen LogP contribution in [0.3, 0.4) is 0 Å². The zero-order valence-electron chi connectivity index (χ0n) is 33.5. The summed E-state index contributed by atoms with van der Waals surface area (Å²) in [6, 6.07) is 22.5. The van der Waals surface area contributed by atoms with Gasteiger partial charge in [0.2, 0.25) is 0 Å². The summed E-state index contributed by atoms with van der Waals surface area (Å²) < 4.78 is 8.67. The summed E-state index contributed by atoms with van der Waals surface area (Å²) in [4.78, 5) is 43.3. The van der Waals surface area contributed by atoms with E-state index < -0.39 is 17.8 Å². The van der Waals surface area contributed by atoms with Gasteiger partial charge < -0.3 is 14.4 Å². The number of carboxylic acid groups (broad SMARTS) is 1. The normalized spacial score (nSPS) is 22.5. The second kappa shape index (κ2) is 18.2. The number of para-hydroxylation sites is 1. The lowest BCUT2D eigenvalue weighted by atomic mass is 9.73. The Morgan fingerprint density at radius 2 is 1.46 bits per heavy atom. The lowest BCUT2D eigenvalue weighted by Crippen LogP contribution is -2.42. The number of benzene rings is 3. The number of aromatic nitrogens is 2. The first-order valence-corrected chi connectivity index (χ1v) is 20.6. The molecule has 9 heteroatoms.